The predicted octanol–water partition coefficient (Wildman–Crippen LogP) is 1.67. The Kier molecular flexibility index (Phi) is 3.09. The zero-order valence-electron chi connectivity index (χ0n) is 8.78. The number of aryl methyl sites for hydroxylation is 2. The highest BCUT2D eigenvalue weighted by Crippen LogP contribution is 2.23. The molecule has 74 valence electrons. The van der Waals surface area contributed by atoms with Crippen LogP contribution in [0, 0.1) is 5.92 Å². The maximum atomic E-state index is 9.87. The lowest BCUT2D eigenvalue weighted by molar-refractivity contribution is 0.126. The molecule has 0 aliphatic carbocycles. The van der Waals surface area contributed by atoms with Gasteiger partial charge in [-0.1, -0.05) is 20.8 Å². The smallest absolute Gasteiger partial charge is 0.0846 e. The summed E-state index contributed by atoms with van der Waals surface area (Å²) in [4.78, 5) is 0. The Hall–Kier alpha value is -0.830. The molecule has 1 atom stereocenters. The van der Waals surface area contributed by atoms with Gasteiger partial charge in [-0.3, -0.25) is 4.68 Å². The van der Waals surface area contributed by atoms with E-state index in [0.717, 1.165) is 17.7 Å². The Balaban J connectivity index is 2.98. The summed E-state index contributed by atoms with van der Waals surface area (Å²) in [5.41, 5.74) is 1.98. The highest BCUT2D eigenvalue weighted by molar-refractivity contribution is 5.20. The Morgan fingerprint density at radius 1 is 1.54 bits per heavy atom. The lowest BCUT2D eigenvalue weighted by Gasteiger charge is -2.13. The normalized spacial score (nSPS) is 13.7. The van der Waals surface area contributed by atoms with Crippen LogP contribution in [0.5, 0.6) is 0 Å². The lowest BCUT2D eigenvalue weighted by atomic mass is 9.99. The monoisotopic (exact) mass is 182 g/mol. The van der Waals surface area contributed by atoms with Crippen LogP contribution < -0.4 is 0 Å². The number of rotatable bonds is 3. The van der Waals surface area contributed by atoms with E-state index in [0.29, 0.717) is 0 Å². The molecule has 1 rings (SSSR count). The molecule has 0 bridgehead atoms. The Bertz CT molecular complexity index is 278. The average molecular weight is 182 g/mol. The van der Waals surface area contributed by atoms with Crippen molar-refractivity contribution in [2.45, 2.75) is 33.3 Å². The van der Waals surface area contributed by atoms with Crippen LogP contribution in [0.2, 0.25) is 0 Å². The van der Waals surface area contributed by atoms with Gasteiger partial charge in [0.2, 0.25) is 0 Å². The van der Waals surface area contributed by atoms with Gasteiger partial charge < -0.3 is 5.11 Å². The zero-order valence-corrected chi connectivity index (χ0v) is 8.78. The van der Waals surface area contributed by atoms with Crippen LogP contribution in [0.3, 0.4) is 0 Å². The van der Waals surface area contributed by atoms with Gasteiger partial charge in [0.15, 0.2) is 0 Å². The highest BCUT2D eigenvalue weighted by atomic mass is 16.3. The number of nitrogens with zero attached hydrogens (tertiary/aromatic N) is 2. The van der Waals surface area contributed by atoms with Crippen molar-refractivity contribution in [1.29, 1.82) is 0 Å². The van der Waals surface area contributed by atoms with Crippen molar-refractivity contribution in [2.75, 3.05) is 0 Å². The Morgan fingerprint density at radius 3 is 2.62 bits per heavy atom. The SMILES string of the molecule is CCc1nn(C)cc1C(O)C(C)C. The molecule has 1 N–H and O–H groups in total. The van der Waals surface area contributed by atoms with Crippen molar-refractivity contribution in [2.24, 2.45) is 13.0 Å². The van der Waals surface area contributed by atoms with E-state index in [2.05, 4.69) is 12.0 Å². The third kappa shape index (κ3) is 2.10. The second-order valence-corrected chi connectivity index (χ2v) is 3.75. The first-order valence-electron chi connectivity index (χ1n) is 4.76. The summed E-state index contributed by atoms with van der Waals surface area (Å²) < 4.78 is 1.76. The second kappa shape index (κ2) is 3.92. The van der Waals surface area contributed by atoms with E-state index in [1.165, 1.54) is 0 Å². The van der Waals surface area contributed by atoms with E-state index >= 15 is 0 Å². The predicted molar refractivity (Wildman–Crippen MR) is 52.4 cm³/mol. The van der Waals surface area contributed by atoms with Gasteiger partial charge in [0.1, 0.15) is 0 Å². The summed E-state index contributed by atoms with van der Waals surface area (Å²) in [6, 6.07) is 0. The van der Waals surface area contributed by atoms with E-state index in [-0.39, 0.29) is 12.0 Å². The largest absolute Gasteiger partial charge is 0.388 e. The van der Waals surface area contributed by atoms with Crippen LogP contribution in [-0.4, -0.2) is 14.9 Å². The van der Waals surface area contributed by atoms with E-state index in [9.17, 15) is 5.11 Å². The van der Waals surface area contributed by atoms with Gasteiger partial charge in [0.05, 0.1) is 11.8 Å². The molecular formula is C10H18N2O. The van der Waals surface area contributed by atoms with Crippen molar-refractivity contribution in [1.82, 2.24) is 9.78 Å². The third-order valence-electron chi connectivity index (χ3n) is 2.22. The molecular weight excluding hydrogens is 164 g/mol. The van der Waals surface area contributed by atoms with E-state index in [4.69, 9.17) is 0 Å². The summed E-state index contributed by atoms with van der Waals surface area (Å²) in [6.45, 7) is 6.08. The zero-order chi connectivity index (χ0) is 10.0. The lowest BCUT2D eigenvalue weighted by Crippen LogP contribution is -2.06. The van der Waals surface area contributed by atoms with Crippen molar-refractivity contribution in [3.8, 4) is 0 Å². The van der Waals surface area contributed by atoms with Crippen LogP contribution in [-0.2, 0) is 13.5 Å². The fourth-order valence-corrected chi connectivity index (χ4v) is 1.43. The van der Waals surface area contributed by atoms with Crippen LogP contribution in [0.15, 0.2) is 6.20 Å². The molecule has 1 heterocycles. The van der Waals surface area contributed by atoms with Gasteiger partial charge in [0.25, 0.3) is 0 Å². The molecule has 13 heavy (non-hydrogen) atoms. The Labute approximate surface area is 79.4 Å². The molecule has 0 radical (unpaired) electrons. The summed E-state index contributed by atoms with van der Waals surface area (Å²) in [5, 5.41) is 14.2. The molecule has 0 spiro atoms. The molecule has 3 nitrogen and oxygen atoms in total. The minimum absolute atomic E-state index is 0.245. The van der Waals surface area contributed by atoms with Gasteiger partial charge in [-0.15, -0.1) is 0 Å². The summed E-state index contributed by atoms with van der Waals surface area (Å²) >= 11 is 0. The fraction of sp³-hybridized carbons (Fsp3) is 0.700. The van der Waals surface area contributed by atoms with Crippen LogP contribution in [0.1, 0.15) is 38.1 Å². The van der Waals surface area contributed by atoms with E-state index in [1.807, 2.05) is 27.1 Å². The second-order valence-electron chi connectivity index (χ2n) is 3.75. The fourth-order valence-electron chi connectivity index (χ4n) is 1.43. The molecule has 1 unspecified atom stereocenters. The van der Waals surface area contributed by atoms with E-state index in [1.54, 1.807) is 4.68 Å². The first-order chi connectivity index (χ1) is 6.06. The van der Waals surface area contributed by atoms with Gasteiger partial charge in [-0.2, -0.15) is 5.10 Å². The molecule has 0 aliphatic rings. The number of hydrogen-bond donors (Lipinski definition) is 1. The van der Waals surface area contributed by atoms with Crippen molar-refractivity contribution in [3.63, 3.8) is 0 Å². The average Bonchev–Trinajstić information content (AvgIpc) is 2.45. The summed E-state index contributed by atoms with van der Waals surface area (Å²) in [6.07, 6.45) is 2.40. The number of aliphatic hydroxyl groups excluding tert-OH is 1. The van der Waals surface area contributed by atoms with Crippen LogP contribution >= 0.6 is 0 Å². The standard InChI is InChI=1S/C10H18N2O/c1-5-9-8(6-12(4)11-9)10(13)7(2)3/h6-7,10,13H,5H2,1-4H3. The van der Waals surface area contributed by atoms with Gasteiger partial charge >= 0.3 is 0 Å². The van der Waals surface area contributed by atoms with Gasteiger partial charge in [0, 0.05) is 18.8 Å². The topological polar surface area (TPSA) is 38.0 Å². The van der Waals surface area contributed by atoms with Crippen LogP contribution in [0.4, 0.5) is 0 Å². The molecule has 0 amide bonds. The molecule has 1 aromatic heterocycles. The first-order valence-corrected chi connectivity index (χ1v) is 4.76. The quantitative estimate of drug-likeness (QED) is 0.772. The molecule has 0 aliphatic heterocycles. The van der Waals surface area contributed by atoms with E-state index < -0.39 is 0 Å². The Morgan fingerprint density at radius 2 is 2.15 bits per heavy atom. The first kappa shape index (κ1) is 10.3. The molecule has 0 saturated heterocycles. The summed E-state index contributed by atoms with van der Waals surface area (Å²) in [7, 11) is 1.88. The van der Waals surface area contributed by atoms with Crippen LogP contribution in [0.25, 0.3) is 0 Å². The molecule has 0 aromatic carbocycles. The molecule has 3 heteroatoms. The van der Waals surface area contributed by atoms with Gasteiger partial charge in [-0.05, 0) is 12.3 Å². The van der Waals surface area contributed by atoms with Crippen molar-refractivity contribution >= 4 is 0 Å². The molecule has 0 fully saturated rings. The van der Waals surface area contributed by atoms with Crippen molar-refractivity contribution in [3.05, 3.63) is 17.5 Å². The third-order valence-corrected chi connectivity index (χ3v) is 2.22. The number of aliphatic hydroxyl groups is 1. The maximum Gasteiger partial charge on any atom is 0.0846 e. The highest BCUT2D eigenvalue weighted by Gasteiger charge is 2.17. The maximum absolute atomic E-state index is 9.87. The molecule has 1 aromatic rings. The molecule has 0 saturated carbocycles. The number of hydrogen-bond acceptors (Lipinski definition) is 2. The van der Waals surface area contributed by atoms with Gasteiger partial charge in [-0.25, -0.2) is 0 Å². The number of aromatic nitrogens is 2. The van der Waals surface area contributed by atoms with Crippen molar-refractivity contribution < 1.29 is 5.11 Å². The minimum Gasteiger partial charge on any atom is -0.388 e. The minimum atomic E-state index is -0.386. The summed E-state index contributed by atoms with van der Waals surface area (Å²) in [5.74, 6) is 0.245.